The van der Waals surface area contributed by atoms with Gasteiger partial charge in [-0.3, -0.25) is 4.98 Å². The van der Waals surface area contributed by atoms with Gasteiger partial charge in [-0.25, -0.2) is 8.42 Å². The van der Waals surface area contributed by atoms with Gasteiger partial charge in [-0.15, -0.1) is 0 Å². The second-order valence-electron chi connectivity index (χ2n) is 5.85. The highest BCUT2D eigenvalue weighted by Gasteiger charge is 2.31. The number of hydrogen-bond acceptors (Lipinski definition) is 6. The van der Waals surface area contributed by atoms with E-state index >= 15 is 0 Å². The number of nitrogens with zero attached hydrogens (tertiary/aromatic N) is 4. The number of fused-ring (bicyclic) bond motifs is 1. The van der Waals surface area contributed by atoms with E-state index in [-0.39, 0.29) is 4.90 Å². The Hall–Kier alpha value is -1.90. The quantitative estimate of drug-likeness (QED) is 0.718. The molecule has 1 fully saturated rings. The van der Waals surface area contributed by atoms with Gasteiger partial charge < -0.3 is 0 Å². The van der Waals surface area contributed by atoms with Gasteiger partial charge in [0.1, 0.15) is 15.9 Å². The number of pyridine rings is 1. The van der Waals surface area contributed by atoms with E-state index in [1.165, 1.54) is 5.56 Å². The van der Waals surface area contributed by atoms with Gasteiger partial charge in [0.05, 0.1) is 11.7 Å². The molecule has 3 heterocycles. The fourth-order valence-electron chi connectivity index (χ4n) is 3.19. The molecule has 124 valence electrons. The maximum absolute atomic E-state index is 13.0. The summed E-state index contributed by atoms with van der Waals surface area (Å²) in [6.07, 6.45) is 5.20. The lowest BCUT2D eigenvalue weighted by atomic mass is 9.91. The molecule has 0 saturated carbocycles. The van der Waals surface area contributed by atoms with Crippen LogP contribution in [0.25, 0.3) is 11.0 Å². The summed E-state index contributed by atoms with van der Waals surface area (Å²) < 4.78 is 35.9. The third-order valence-electron chi connectivity index (χ3n) is 4.50. The molecule has 2 aromatic heterocycles. The normalized spacial score (nSPS) is 17.3. The van der Waals surface area contributed by atoms with Crippen LogP contribution >= 0.6 is 11.7 Å². The first-order valence-corrected chi connectivity index (χ1v) is 9.94. The molecule has 1 saturated heterocycles. The van der Waals surface area contributed by atoms with E-state index in [1.54, 1.807) is 34.9 Å². The molecule has 3 aromatic rings. The number of hydrogen-bond donors (Lipinski definition) is 0. The lowest BCUT2D eigenvalue weighted by Gasteiger charge is -2.31. The first-order valence-electron chi connectivity index (χ1n) is 7.77. The third kappa shape index (κ3) is 2.70. The highest BCUT2D eigenvalue weighted by Crippen LogP contribution is 2.32. The Kier molecular flexibility index (Phi) is 4.03. The smallest absolute Gasteiger partial charge is 0.245 e. The van der Waals surface area contributed by atoms with Crippen molar-refractivity contribution in [3.8, 4) is 0 Å². The van der Waals surface area contributed by atoms with E-state index in [9.17, 15) is 8.42 Å². The largest absolute Gasteiger partial charge is 0.265 e. The molecule has 0 unspecified atom stereocenters. The molecule has 0 atom stereocenters. The minimum atomic E-state index is -3.54. The van der Waals surface area contributed by atoms with Crippen LogP contribution in [0.5, 0.6) is 0 Å². The van der Waals surface area contributed by atoms with Gasteiger partial charge in [-0.05, 0) is 48.6 Å². The summed E-state index contributed by atoms with van der Waals surface area (Å²) in [5, 5.41) is 0. The number of benzene rings is 1. The zero-order valence-corrected chi connectivity index (χ0v) is 14.5. The van der Waals surface area contributed by atoms with Crippen LogP contribution in [0.3, 0.4) is 0 Å². The predicted molar refractivity (Wildman–Crippen MR) is 92.4 cm³/mol. The summed E-state index contributed by atoms with van der Waals surface area (Å²) in [6.45, 7) is 1.03. The Morgan fingerprint density at radius 3 is 2.54 bits per heavy atom. The van der Waals surface area contributed by atoms with Gasteiger partial charge in [0.25, 0.3) is 0 Å². The fraction of sp³-hybridized carbons (Fsp3) is 0.312. The summed E-state index contributed by atoms with van der Waals surface area (Å²) in [5.41, 5.74) is 2.33. The van der Waals surface area contributed by atoms with Crippen molar-refractivity contribution in [2.45, 2.75) is 23.7 Å². The van der Waals surface area contributed by atoms with E-state index in [1.807, 2.05) is 12.1 Å². The van der Waals surface area contributed by atoms with Gasteiger partial charge in [0.15, 0.2) is 0 Å². The van der Waals surface area contributed by atoms with Gasteiger partial charge in [-0.2, -0.15) is 13.1 Å². The molecule has 4 rings (SSSR count). The minimum Gasteiger partial charge on any atom is -0.265 e. The lowest BCUT2D eigenvalue weighted by molar-refractivity contribution is 0.319. The van der Waals surface area contributed by atoms with Crippen molar-refractivity contribution in [3.05, 3.63) is 48.3 Å². The van der Waals surface area contributed by atoms with Crippen molar-refractivity contribution in [2.24, 2.45) is 0 Å². The number of sulfonamides is 1. The maximum atomic E-state index is 13.0. The average Bonchev–Trinajstić information content (AvgIpc) is 3.11. The standard InChI is InChI=1S/C16H16N4O2S2/c21-24(22,15-3-1-2-14-16(15)19-23-18-14)20-10-6-13(7-11-20)12-4-8-17-9-5-12/h1-5,8-9,13H,6-7,10-11H2. The number of piperidine rings is 1. The molecule has 0 radical (unpaired) electrons. The zero-order chi connectivity index (χ0) is 16.6. The first kappa shape index (κ1) is 15.6. The molecule has 1 aliphatic rings. The van der Waals surface area contributed by atoms with Crippen molar-refractivity contribution in [3.63, 3.8) is 0 Å². The summed E-state index contributed by atoms with van der Waals surface area (Å²) in [6, 6.07) is 9.15. The maximum Gasteiger partial charge on any atom is 0.245 e. The van der Waals surface area contributed by atoms with E-state index < -0.39 is 10.0 Å². The highest BCUT2D eigenvalue weighted by atomic mass is 32.2. The second-order valence-corrected chi connectivity index (χ2v) is 8.28. The molecule has 0 amide bonds. The molecular weight excluding hydrogens is 344 g/mol. The van der Waals surface area contributed by atoms with Crippen LogP contribution in [-0.2, 0) is 10.0 Å². The van der Waals surface area contributed by atoms with Gasteiger partial charge in [-0.1, -0.05) is 6.07 Å². The van der Waals surface area contributed by atoms with E-state index in [0.717, 1.165) is 24.6 Å². The Bertz CT molecular complexity index is 948. The second kappa shape index (κ2) is 6.19. The molecule has 0 N–H and O–H groups in total. The first-order chi connectivity index (χ1) is 11.7. The van der Waals surface area contributed by atoms with Crippen LogP contribution in [0.4, 0.5) is 0 Å². The van der Waals surface area contributed by atoms with Crippen molar-refractivity contribution in [1.82, 2.24) is 18.0 Å². The van der Waals surface area contributed by atoms with Crippen LogP contribution in [0.2, 0.25) is 0 Å². The Labute approximate surface area is 144 Å². The molecule has 1 aromatic carbocycles. The molecule has 1 aliphatic heterocycles. The molecule has 8 heteroatoms. The predicted octanol–water partition coefficient (Wildman–Crippen LogP) is 2.65. The molecular formula is C16H16N4O2S2. The lowest BCUT2D eigenvalue weighted by Crippen LogP contribution is -2.38. The van der Waals surface area contributed by atoms with Crippen molar-refractivity contribution in [2.75, 3.05) is 13.1 Å². The van der Waals surface area contributed by atoms with E-state index in [4.69, 9.17) is 0 Å². The topological polar surface area (TPSA) is 76.1 Å². The van der Waals surface area contributed by atoms with Crippen LogP contribution in [0, 0.1) is 0 Å². The molecule has 0 aliphatic carbocycles. The van der Waals surface area contributed by atoms with Crippen molar-refractivity contribution < 1.29 is 8.42 Å². The monoisotopic (exact) mass is 360 g/mol. The third-order valence-corrected chi connectivity index (χ3v) is 6.97. The number of aromatic nitrogens is 3. The molecule has 6 nitrogen and oxygen atoms in total. The average molecular weight is 360 g/mol. The Morgan fingerprint density at radius 1 is 1.04 bits per heavy atom. The van der Waals surface area contributed by atoms with Crippen LogP contribution in [0.15, 0.2) is 47.6 Å². The summed E-state index contributed by atoms with van der Waals surface area (Å²) in [4.78, 5) is 4.30. The SMILES string of the molecule is O=S(=O)(c1cccc2nsnc12)N1CCC(c2ccncc2)CC1. The van der Waals surface area contributed by atoms with Gasteiger partial charge >= 0.3 is 0 Å². The van der Waals surface area contributed by atoms with Crippen LogP contribution in [-0.4, -0.2) is 39.5 Å². The Balaban J connectivity index is 1.58. The van der Waals surface area contributed by atoms with Crippen molar-refractivity contribution >= 4 is 32.8 Å². The molecule has 0 bridgehead atoms. The van der Waals surface area contributed by atoms with Gasteiger partial charge in [0.2, 0.25) is 10.0 Å². The summed E-state index contributed by atoms with van der Waals surface area (Å²) >= 11 is 1.04. The van der Waals surface area contributed by atoms with Crippen LogP contribution < -0.4 is 0 Å². The summed E-state index contributed by atoms with van der Waals surface area (Å²) in [7, 11) is -3.54. The molecule has 0 spiro atoms. The van der Waals surface area contributed by atoms with Crippen molar-refractivity contribution in [1.29, 1.82) is 0 Å². The number of rotatable bonds is 3. The minimum absolute atomic E-state index is 0.260. The molecule has 24 heavy (non-hydrogen) atoms. The fourth-order valence-corrected chi connectivity index (χ4v) is 5.42. The zero-order valence-electron chi connectivity index (χ0n) is 12.9. The van der Waals surface area contributed by atoms with E-state index in [0.29, 0.717) is 30.0 Å². The summed E-state index contributed by atoms with van der Waals surface area (Å²) in [5.74, 6) is 0.385. The van der Waals surface area contributed by atoms with E-state index in [2.05, 4.69) is 13.7 Å². The Morgan fingerprint density at radius 2 is 1.79 bits per heavy atom. The van der Waals surface area contributed by atoms with Gasteiger partial charge in [0, 0.05) is 25.5 Å². The van der Waals surface area contributed by atoms with Crippen LogP contribution in [0.1, 0.15) is 24.3 Å². The highest BCUT2D eigenvalue weighted by molar-refractivity contribution is 7.89.